The zero-order valence-electron chi connectivity index (χ0n) is 12.1. The first kappa shape index (κ1) is 14.6. The SMILES string of the molecule is CCC(CCC(C)=O)=Nc1c(C)cc(C)cc1C. The molecule has 0 saturated heterocycles. The highest BCUT2D eigenvalue weighted by Gasteiger charge is 2.05. The van der Waals surface area contributed by atoms with E-state index in [1.807, 2.05) is 0 Å². The van der Waals surface area contributed by atoms with Crippen LogP contribution in [0, 0.1) is 20.8 Å². The standard InChI is InChI=1S/C16H23NO/c1-6-15(8-7-14(5)18)17-16-12(3)9-11(2)10-13(16)4/h9-10H,6-8H2,1-5H3. The number of carbonyl (C=O) groups is 1. The maximum atomic E-state index is 11.0. The Hall–Kier alpha value is -1.44. The van der Waals surface area contributed by atoms with Gasteiger partial charge in [0.15, 0.2) is 0 Å². The van der Waals surface area contributed by atoms with Gasteiger partial charge in [-0.2, -0.15) is 0 Å². The molecule has 2 heteroatoms. The predicted octanol–water partition coefficient (Wildman–Crippen LogP) is 4.46. The van der Waals surface area contributed by atoms with E-state index in [0.29, 0.717) is 6.42 Å². The molecule has 0 N–H and O–H groups in total. The second-order valence-corrected chi connectivity index (χ2v) is 4.98. The van der Waals surface area contributed by atoms with Crippen molar-refractivity contribution in [1.29, 1.82) is 0 Å². The molecule has 0 atom stereocenters. The Labute approximate surface area is 110 Å². The van der Waals surface area contributed by atoms with Gasteiger partial charge in [-0.05, 0) is 51.7 Å². The van der Waals surface area contributed by atoms with Gasteiger partial charge in [0.05, 0.1) is 5.69 Å². The first-order chi connectivity index (χ1) is 8.43. The highest BCUT2D eigenvalue weighted by atomic mass is 16.1. The molecule has 2 nitrogen and oxygen atoms in total. The average molecular weight is 245 g/mol. The normalized spacial score (nSPS) is 11.7. The summed E-state index contributed by atoms with van der Waals surface area (Å²) in [5.74, 6) is 0.230. The highest BCUT2D eigenvalue weighted by molar-refractivity contribution is 5.90. The minimum absolute atomic E-state index is 0.230. The third kappa shape index (κ3) is 4.10. The van der Waals surface area contributed by atoms with E-state index in [0.717, 1.165) is 24.2 Å². The van der Waals surface area contributed by atoms with E-state index in [-0.39, 0.29) is 5.78 Å². The van der Waals surface area contributed by atoms with Gasteiger partial charge in [-0.25, -0.2) is 0 Å². The topological polar surface area (TPSA) is 29.4 Å². The molecule has 0 fully saturated rings. The number of rotatable bonds is 5. The molecule has 18 heavy (non-hydrogen) atoms. The van der Waals surface area contributed by atoms with Crippen LogP contribution in [0.5, 0.6) is 0 Å². The second-order valence-electron chi connectivity index (χ2n) is 4.98. The van der Waals surface area contributed by atoms with E-state index < -0.39 is 0 Å². The van der Waals surface area contributed by atoms with Gasteiger partial charge in [-0.1, -0.05) is 24.6 Å². The van der Waals surface area contributed by atoms with Crippen LogP contribution in [0.25, 0.3) is 0 Å². The Morgan fingerprint density at radius 1 is 1.11 bits per heavy atom. The number of hydrogen-bond acceptors (Lipinski definition) is 2. The van der Waals surface area contributed by atoms with Crippen LogP contribution in [-0.4, -0.2) is 11.5 Å². The number of aryl methyl sites for hydroxylation is 3. The van der Waals surface area contributed by atoms with Crippen molar-refractivity contribution in [2.75, 3.05) is 0 Å². The maximum absolute atomic E-state index is 11.0. The summed E-state index contributed by atoms with van der Waals surface area (Å²) in [6.45, 7) is 10.0. The van der Waals surface area contributed by atoms with Crippen molar-refractivity contribution in [2.24, 2.45) is 4.99 Å². The molecule has 0 aliphatic rings. The van der Waals surface area contributed by atoms with Gasteiger partial charge in [-0.15, -0.1) is 0 Å². The predicted molar refractivity (Wildman–Crippen MR) is 78.0 cm³/mol. The molecular weight excluding hydrogens is 222 g/mol. The minimum atomic E-state index is 0.230. The fourth-order valence-corrected chi connectivity index (χ4v) is 2.14. The lowest BCUT2D eigenvalue weighted by molar-refractivity contribution is -0.116. The number of carbonyl (C=O) groups excluding carboxylic acids is 1. The van der Waals surface area contributed by atoms with E-state index in [1.54, 1.807) is 6.92 Å². The molecule has 0 spiro atoms. The Bertz CT molecular complexity index is 449. The molecule has 0 unspecified atom stereocenters. The number of hydrogen-bond donors (Lipinski definition) is 0. The monoisotopic (exact) mass is 245 g/mol. The molecule has 0 saturated carbocycles. The number of nitrogens with zero attached hydrogens (tertiary/aromatic N) is 1. The molecule has 0 aliphatic heterocycles. The van der Waals surface area contributed by atoms with Gasteiger partial charge >= 0.3 is 0 Å². The molecule has 1 aromatic rings. The lowest BCUT2D eigenvalue weighted by Gasteiger charge is -2.09. The quantitative estimate of drug-likeness (QED) is 0.704. The number of Topliss-reactive ketones (excluding diaryl/α,β-unsaturated/α-hetero) is 1. The summed E-state index contributed by atoms with van der Waals surface area (Å²) in [5, 5.41) is 0. The fraction of sp³-hybridized carbons (Fsp3) is 0.500. The van der Waals surface area contributed by atoms with Crippen LogP contribution in [0.4, 0.5) is 5.69 Å². The average Bonchev–Trinajstić information content (AvgIpc) is 2.26. The van der Waals surface area contributed by atoms with Crippen molar-refractivity contribution in [1.82, 2.24) is 0 Å². The molecule has 1 rings (SSSR count). The van der Waals surface area contributed by atoms with Crippen molar-refractivity contribution in [3.05, 3.63) is 28.8 Å². The van der Waals surface area contributed by atoms with E-state index in [4.69, 9.17) is 4.99 Å². The van der Waals surface area contributed by atoms with Crippen molar-refractivity contribution in [3.8, 4) is 0 Å². The zero-order valence-corrected chi connectivity index (χ0v) is 12.1. The number of ketones is 1. The van der Waals surface area contributed by atoms with E-state index in [9.17, 15) is 4.79 Å². The Kier molecular flexibility index (Phi) is 5.26. The highest BCUT2D eigenvalue weighted by Crippen LogP contribution is 2.26. The molecule has 98 valence electrons. The first-order valence-corrected chi connectivity index (χ1v) is 6.57. The molecule has 0 bridgehead atoms. The lowest BCUT2D eigenvalue weighted by atomic mass is 10.0. The van der Waals surface area contributed by atoms with Crippen molar-refractivity contribution >= 4 is 17.2 Å². The van der Waals surface area contributed by atoms with Gasteiger partial charge < -0.3 is 4.79 Å². The first-order valence-electron chi connectivity index (χ1n) is 6.57. The van der Waals surface area contributed by atoms with Crippen LogP contribution in [-0.2, 0) is 4.79 Å². The summed E-state index contributed by atoms with van der Waals surface area (Å²) in [5.41, 5.74) is 5.87. The van der Waals surface area contributed by atoms with E-state index in [2.05, 4.69) is 39.8 Å². The van der Waals surface area contributed by atoms with Crippen LogP contribution in [0.15, 0.2) is 17.1 Å². The molecule has 0 aromatic heterocycles. The minimum Gasteiger partial charge on any atom is -0.300 e. The van der Waals surface area contributed by atoms with Crippen LogP contribution < -0.4 is 0 Å². The molecule has 1 aromatic carbocycles. The van der Waals surface area contributed by atoms with Gasteiger partial charge in [-0.3, -0.25) is 4.99 Å². The van der Waals surface area contributed by atoms with Crippen LogP contribution in [0.1, 0.15) is 49.8 Å². The third-order valence-electron chi connectivity index (χ3n) is 3.08. The molecule has 0 radical (unpaired) electrons. The summed E-state index contributed by atoms with van der Waals surface area (Å²) in [6.07, 6.45) is 2.27. The van der Waals surface area contributed by atoms with Gasteiger partial charge in [0, 0.05) is 12.1 Å². The van der Waals surface area contributed by atoms with Crippen LogP contribution >= 0.6 is 0 Å². The summed E-state index contributed by atoms with van der Waals surface area (Å²) >= 11 is 0. The number of aliphatic imine (C=N–C) groups is 1. The molecular formula is C16H23NO. The largest absolute Gasteiger partial charge is 0.300 e. The Balaban J connectivity index is 3.02. The summed E-state index contributed by atoms with van der Waals surface area (Å²) in [7, 11) is 0. The second kappa shape index (κ2) is 6.48. The van der Waals surface area contributed by atoms with E-state index >= 15 is 0 Å². The molecule has 0 heterocycles. The van der Waals surface area contributed by atoms with E-state index in [1.165, 1.54) is 16.7 Å². The molecule has 0 amide bonds. The summed E-state index contributed by atoms with van der Waals surface area (Å²) < 4.78 is 0. The smallest absolute Gasteiger partial charge is 0.130 e. The molecule has 0 aliphatic carbocycles. The van der Waals surface area contributed by atoms with Crippen molar-refractivity contribution in [3.63, 3.8) is 0 Å². The lowest BCUT2D eigenvalue weighted by Crippen LogP contribution is -2.00. The van der Waals surface area contributed by atoms with Gasteiger partial charge in [0.2, 0.25) is 0 Å². The van der Waals surface area contributed by atoms with Crippen molar-refractivity contribution < 1.29 is 4.79 Å². The number of benzene rings is 1. The van der Waals surface area contributed by atoms with Crippen molar-refractivity contribution in [2.45, 2.75) is 53.9 Å². The van der Waals surface area contributed by atoms with Gasteiger partial charge in [0.1, 0.15) is 5.78 Å². The van der Waals surface area contributed by atoms with Gasteiger partial charge in [0.25, 0.3) is 0 Å². The summed E-state index contributed by atoms with van der Waals surface area (Å²) in [6, 6.07) is 4.31. The Morgan fingerprint density at radius 3 is 2.11 bits per heavy atom. The maximum Gasteiger partial charge on any atom is 0.130 e. The van der Waals surface area contributed by atoms with Crippen LogP contribution in [0.2, 0.25) is 0 Å². The Morgan fingerprint density at radius 2 is 1.67 bits per heavy atom. The zero-order chi connectivity index (χ0) is 13.7. The summed E-state index contributed by atoms with van der Waals surface area (Å²) in [4.78, 5) is 15.8. The fourth-order valence-electron chi connectivity index (χ4n) is 2.14. The van der Waals surface area contributed by atoms with Crippen LogP contribution in [0.3, 0.4) is 0 Å². The third-order valence-corrected chi connectivity index (χ3v) is 3.08.